The van der Waals surface area contributed by atoms with Gasteiger partial charge in [0.1, 0.15) is 5.37 Å². The molecule has 1 N–H and O–H groups in total. The molecule has 1 unspecified atom stereocenters. The van der Waals surface area contributed by atoms with Crippen molar-refractivity contribution in [2.45, 2.75) is 31.7 Å². The molecule has 21 heavy (non-hydrogen) atoms. The molecule has 2 rings (SSSR count). The lowest BCUT2D eigenvalue weighted by Crippen LogP contribution is -2.60. The van der Waals surface area contributed by atoms with E-state index >= 15 is 0 Å². The monoisotopic (exact) mass is 335 g/mol. The van der Waals surface area contributed by atoms with Crippen LogP contribution in [-0.4, -0.2) is 85.7 Å². The Bertz CT molecular complexity index is 434. The Morgan fingerprint density at radius 1 is 1.24 bits per heavy atom. The summed E-state index contributed by atoms with van der Waals surface area (Å²) in [5.41, 5.74) is 0.0195. The minimum atomic E-state index is -3.00. The lowest BCUT2D eigenvalue weighted by Gasteiger charge is -2.46. The summed E-state index contributed by atoms with van der Waals surface area (Å²) in [7, 11) is -3.00. The smallest absolute Gasteiger partial charge is 0.166 e. The molecule has 0 saturated carbocycles. The van der Waals surface area contributed by atoms with Crippen LogP contribution in [0.3, 0.4) is 0 Å². The normalized spacial score (nSPS) is 26.9. The number of piperazine rings is 1. The van der Waals surface area contributed by atoms with Gasteiger partial charge in [-0.2, -0.15) is 11.8 Å². The number of nitrogens with one attached hydrogen (secondary N) is 1. The molecule has 7 heteroatoms. The van der Waals surface area contributed by atoms with Crippen LogP contribution >= 0.6 is 11.8 Å². The number of thioether (sulfide) groups is 1. The molecule has 0 spiro atoms. The fraction of sp³-hybridized carbons (Fsp3) is 1.00. The van der Waals surface area contributed by atoms with E-state index in [4.69, 9.17) is 0 Å². The van der Waals surface area contributed by atoms with Crippen molar-refractivity contribution in [3.8, 4) is 0 Å². The van der Waals surface area contributed by atoms with E-state index in [-0.39, 0.29) is 16.7 Å². The minimum absolute atomic E-state index is 0.0195. The summed E-state index contributed by atoms with van der Waals surface area (Å²) in [6.45, 7) is 12.1. The summed E-state index contributed by atoms with van der Waals surface area (Å²) >= 11 is 1.77. The Morgan fingerprint density at radius 3 is 2.52 bits per heavy atom. The Kier molecular flexibility index (Phi) is 5.99. The van der Waals surface area contributed by atoms with Crippen LogP contribution in [0.2, 0.25) is 0 Å². The van der Waals surface area contributed by atoms with Gasteiger partial charge in [-0.1, -0.05) is 6.92 Å². The first-order valence-electron chi connectivity index (χ1n) is 7.86. The van der Waals surface area contributed by atoms with Gasteiger partial charge in [0, 0.05) is 62.1 Å². The number of nitrogens with zero attached hydrogens (tertiary/aromatic N) is 2. The average molecular weight is 336 g/mol. The lowest BCUT2D eigenvalue weighted by molar-refractivity contribution is 0.0617. The van der Waals surface area contributed by atoms with E-state index < -0.39 is 9.84 Å². The second kappa shape index (κ2) is 7.17. The van der Waals surface area contributed by atoms with Crippen LogP contribution in [0.15, 0.2) is 0 Å². The molecule has 0 radical (unpaired) electrons. The van der Waals surface area contributed by atoms with E-state index in [1.807, 2.05) is 0 Å². The van der Waals surface area contributed by atoms with E-state index in [0.29, 0.717) is 5.75 Å². The van der Waals surface area contributed by atoms with Gasteiger partial charge in [-0.25, -0.2) is 8.42 Å². The summed E-state index contributed by atoms with van der Waals surface area (Å²) in [6, 6.07) is 0. The van der Waals surface area contributed by atoms with Gasteiger partial charge in [0.25, 0.3) is 0 Å². The molecule has 0 aromatic rings. The minimum Gasteiger partial charge on any atom is -0.314 e. The molecule has 2 saturated heterocycles. The molecule has 2 aliphatic heterocycles. The zero-order valence-electron chi connectivity index (χ0n) is 13.5. The number of sulfone groups is 1. The molecule has 0 amide bonds. The number of hydrogen-bond donors (Lipinski definition) is 1. The molecule has 0 bridgehead atoms. The quantitative estimate of drug-likeness (QED) is 0.789. The molecule has 1 atom stereocenters. The predicted molar refractivity (Wildman–Crippen MR) is 90.7 cm³/mol. The molecule has 2 fully saturated rings. The topological polar surface area (TPSA) is 52.7 Å². The highest BCUT2D eigenvalue weighted by molar-refractivity contribution is 8.01. The average Bonchev–Trinajstić information content (AvgIpc) is 2.48. The second-order valence-electron chi connectivity index (χ2n) is 6.50. The molecule has 2 aliphatic rings. The van der Waals surface area contributed by atoms with E-state index in [0.717, 1.165) is 45.0 Å². The van der Waals surface area contributed by atoms with Crippen molar-refractivity contribution in [3.05, 3.63) is 0 Å². The van der Waals surface area contributed by atoms with Crippen molar-refractivity contribution in [1.82, 2.24) is 15.1 Å². The Balaban J connectivity index is 2.07. The first kappa shape index (κ1) is 17.5. The second-order valence-corrected chi connectivity index (χ2v) is 10.1. The van der Waals surface area contributed by atoms with Crippen LogP contribution in [0.25, 0.3) is 0 Å². The van der Waals surface area contributed by atoms with Crippen molar-refractivity contribution in [2.24, 2.45) is 0 Å². The van der Waals surface area contributed by atoms with Gasteiger partial charge >= 0.3 is 0 Å². The maximum atomic E-state index is 12.3. The molecular formula is C14H29N3O2S2. The van der Waals surface area contributed by atoms with Crippen LogP contribution in [-0.2, 0) is 9.84 Å². The van der Waals surface area contributed by atoms with E-state index in [2.05, 4.69) is 29.0 Å². The summed E-state index contributed by atoms with van der Waals surface area (Å²) in [5.74, 6) is 1.99. The first-order chi connectivity index (χ1) is 9.87. The zero-order chi connectivity index (χ0) is 15.5. The van der Waals surface area contributed by atoms with E-state index in [9.17, 15) is 8.42 Å². The number of rotatable bonds is 5. The largest absolute Gasteiger partial charge is 0.314 e. The third kappa shape index (κ3) is 4.34. The van der Waals surface area contributed by atoms with Crippen LogP contribution in [0.1, 0.15) is 20.8 Å². The molecule has 0 aromatic heterocycles. The third-order valence-corrected chi connectivity index (χ3v) is 7.90. The predicted octanol–water partition coefficient (Wildman–Crippen LogP) is 0.480. The fourth-order valence-corrected chi connectivity index (χ4v) is 6.27. The van der Waals surface area contributed by atoms with Gasteiger partial charge < -0.3 is 5.32 Å². The molecule has 2 heterocycles. The van der Waals surface area contributed by atoms with Crippen LogP contribution < -0.4 is 5.32 Å². The third-order valence-electron chi connectivity index (χ3n) is 4.57. The summed E-state index contributed by atoms with van der Waals surface area (Å²) in [6.07, 6.45) is 0. The molecule has 0 aliphatic carbocycles. The summed E-state index contributed by atoms with van der Waals surface area (Å²) in [5, 5.41) is 3.08. The number of hydrogen-bond acceptors (Lipinski definition) is 6. The molecular weight excluding hydrogens is 306 g/mol. The molecule has 124 valence electrons. The Hall–Kier alpha value is 0.180. The fourth-order valence-electron chi connectivity index (χ4n) is 3.19. The van der Waals surface area contributed by atoms with E-state index in [1.165, 1.54) is 0 Å². The van der Waals surface area contributed by atoms with E-state index in [1.54, 1.807) is 18.7 Å². The molecule has 0 aromatic carbocycles. The Morgan fingerprint density at radius 2 is 1.90 bits per heavy atom. The standard InChI is InChI=1S/C14H29N3O2S2/c1-4-21(18,19)13-11-20-10-9-16(13)12-14(2,3)17-7-5-15-6-8-17/h13,15H,4-12H2,1-3H3. The van der Waals surface area contributed by atoms with Crippen LogP contribution in [0.4, 0.5) is 0 Å². The lowest BCUT2D eigenvalue weighted by atomic mass is 10.0. The highest BCUT2D eigenvalue weighted by atomic mass is 32.2. The Labute approximate surface area is 133 Å². The highest BCUT2D eigenvalue weighted by Crippen LogP contribution is 2.25. The van der Waals surface area contributed by atoms with Crippen LogP contribution in [0.5, 0.6) is 0 Å². The summed E-state index contributed by atoms with van der Waals surface area (Å²) in [4.78, 5) is 4.69. The first-order valence-corrected chi connectivity index (χ1v) is 10.7. The van der Waals surface area contributed by atoms with Crippen molar-refractivity contribution >= 4 is 21.6 Å². The summed E-state index contributed by atoms with van der Waals surface area (Å²) < 4.78 is 24.7. The van der Waals surface area contributed by atoms with Crippen molar-refractivity contribution in [1.29, 1.82) is 0 Å². The van der Waals surface area contributed by atoms with Gasteiger partial charge in [0.2, 0.25) is 0 Å². The van der Waals surface area contributed by atoms with Gasteiger partial charge in [0.15, 0.2) is 9.84 Å². The zero-order valence-corrected chi connectivity index (χ0v) is 15.1. The SMILES string of the molecule is CCS(=O)(=O)C1CSCCN1CC(C)(C)N1CCNCC1. The van der Waals surface area contributed by atoms with Crippen molar-refractivity contribution in [3.63, 3.8) is 0 Å². The van der Waals surface area contributed by atoms with Crippen molar-refractivity contribution < 1.29 is 8.42 Å². The van der Waals surface area contributed by atoms with Gasteiger partial charge in [-0.3, -0.25) is 9.80 Å². The molecule has 5 nitrogen and oxygen atoms in total. The van der Waals surface area contributed by atoms with Gasteiger partial charge in [-0.15, -0.1) is 0 Å². The highest BCUT2D eigenvalue weighted by Gasteiger charge is 2.37. The maximum Gasteiger partial charge on any atom is 0.166 e. The van der Waals surface area contributed by atoms with Crippen molar-refractivity contribution in [2.75, 3.05) is 56.5 Å². The maximum absolute atomic E-state index is 12.3. The van der Waals surface area contributed by atoms with Gasteiger partial charge in [-0.05, 0) is 13.8 Å². The van der Waals surface area contributed by atoms with Gasteiger partial charge in [0.05, 0.1) is 0 Å². The van der Waals surface area contributed by atoms with Crippen LogP contribution in [0, 0.1) is 0 Å².